The van der Waals surface area contributed by atoms with Gasteiger partial charge in [-0.3, -0.25) is 5.32 Å². The van der Waals surface area contributed by atoms with Gasteiger partial charge in [0.25, 0.3) is 0 Å². The van der Waals surface area contributed by atoms with Gasteiger partial charge in [0.05, 0.1) is 6.04 Å². The van der Waals surface area contributed by atoms with Crippen LogP contribution in [-0.4, -0.2) is 6.04 Å². The maximum Gasteiger partial charge on any atom is 0.128 e. The third-order valence-electron chi connectivity index (χ3n) is 2.97. The predicted octanol–water partition coefficient (Wildman–Crippen LogP) is 3.73. The van der Waals surface area contributed by atoms with E-state index in [9.17, 15) is 8.78 Å². The summed E-state index contributed by atoms with van der Waals surface area (Å²) in [7, 11) is 0. The highest BCUT2D eigenvalue weighted by molar-refractivity contribution is 5.27. The lowest BCUT2D eigenvalue weighted by Gasteiger charge is -2.20. The second kappa shape index (κ2) is 6.51. The van der Waals surface area contributed by atoms with Gasteiger partial charge in [-0.05, 0) is 38.0 Å². The number of terminal acetylenes is 1. The van der Waals surface area contributed by atoms with Crippen LogP contribution in [0.25, 0.3) is 0 Å². The maximum absolute atomic E-state index is 13.8. The third-order valence-corrected chi connectivity index (χ3v) is 2.97. The van der Waals surface area contributed by atoms with E-state index in [1.54, 1.807) is 13.8 Å². The normalized spacial score (nSPS) is 14.0. The van der Waals surface area contributed by atoms with Gasteiger partial charge in [0.1, 0.15) is 11.6 Å². The van der Waals surface area contributed by atoms with Crippen molar-refractivity contribution < 1.29 is 8.78 Å². The molecule has 1 rings (SSSR count). The molecular formula is C15H19F2N. The number of hydrogen-bond acceptors (Lipinski definition) is 1. The van der Waals surface area contributed by atoms with Gasteiger partial charge in [0, 0.05) is 11.6 Å². The SMILES string of the molecule is C#CC(CCC)NC(C)c1cc(F)c(C)cc1F. The van der Waals surface area contributed by atoms with E-state index >= 15 is 0 Å². The maximum atomic E-state index is 13.8. The van der Waals surface area contributed by atoms with Gasteiger partial charge in [-0.1, -0.05) is 19.3 Å². The Labute approximate surface area is 108 Å². The molecule has 0 saturated carbocycles. The summed E-state index contributed by atoms with van der Waals surface area (Å²) >= 11 is 0. The largest absolute Gasteiger partial charge is 0.297 e. The van der Waals surface area contributed by atoms with Crippen molar-refractivity contribution in [1.82, 2.24) is 5.32 Å². The molecule has 0 bridgehead atoms. The van der Waals surface area contributed by atoms with Crippen LogP contribution >= 0.6 is 0 Å². The van der Waals surface area contributed by atoms with E-state index in [-0.39, 0.29) is 12.1 Å². The van der Waals surface area contributed by atoms with Gasteiger partial charge in [0.2, 0.25) is 0 Å². The number of benzene rings is 1. The topological polar surface area (TPSA) is 12.0 Å². The highest BCUT2D eigenvalue weighted by atomic mass is 19.1. The first kappa shape index (κ1) is 14.7. The second-order valence-corrected chi connectivity index (χ2v) is 4.52. The molecule has 1 aromatic rings. The van der Waals surface area contributed by atoms with E-state index < -0.39 is 11.6 Å². The predicted molar refractivity (Wildman–Crippen MR) is 70.2 cm³/mol. The lowest BCUT2D eigenvalue weighted by atomic mass is 10.0. The lowest BCUT2D eigenvalue weighted by Crippen LogP contribution is -2.30. The summed E-state index contributed by atoms with van der Waals surface area (Å²) in [5.41, 5.74) is 0.625. The molecule has 0 amide bonds. The summed E-state index contributed by atoms with van der Waals surface area (Å²) < 4.78 is 27.2. The molecule has 0 aromatic heterocycles. The zero-order valence-corrected chi connectivity index (χ0v) is 11.1. The third kappa shape index (κ3) is 3.54. The number of aryl methyl sites for hydroxylation is 1. The van der Waals surface area contributed by atoms with E-state index in [0.717, 1.165) is 12.8 Å². The summed E-state index contributed by atoms with van der Waals surface area (Å²) in [5, 5.41) is 3.13. The molecule has 1 N–H and O–H groups in total. The summed E-state index contributed by atoms with van der Waals surface area (Å²) in [5.74, 6) is 1.82. The van der Waals surface area contributed by atoms with E-state index in [0.29, 0.717) is 11.1 Å². The Balaban J connectivity index is 2.87. The zero-order chi connectivity index (χ0) is 13.7. The average Bonchev–Trinajstić information content (AvgIpc) is 2.33. The van der Waals surface area contributed by atoms with E-state index in [1.165, 1.54) is 12.1 Å². The van der Waals surface area contributed by atoms with E-state index in [1.807, 2.05) is 6.92 Å². The molecule has 0 aliphatic heterocycles. The molecule has 0 saturated heterocycles. The van der Waals surface area contributed by atoms with Gasteiger partial charge in [-0.25, -0.2) is 8.78 Å². The molecule has 2 atom stereocenters. The summed E-state index contributed by atoms with van der Waals surface area (Å²) in [6, 6.07) is 2.02. The molecule has 0 aliphatic rings. The van der Waals surface area contributed by atoms with Crippen molar-refractivity contribution in [1.29, 1.82) is 0 Å². The Morgan fingerprint density at radius 3 is 2.56 bits per heavy atom. The van der Waals surface area contributed by atoms with Gasteiger partial charge in [-0.2, -0.15) is 0 Å². The van der Waals surface area contributed by atoms with Crippen molar-refractivity contribution in [3.63, 3.8) is 0 Å². The van der Waals surface area contributed by atoms with E-state index in [4.69, 9.17) is 6.42 Å². The summed E-state index contributed by atoms with van der Waals surface area (Å²) in [6.07, 6.45) is 7.16. The van der Waals surface area contributed by atoms with Crippen LogP contribution in [0.1, 0.15) is 43.9 Å². The molecule has 2 unspecified atom stereocenters. The van der Waals surface area contributed by atoms with Gasteiger partial charge < -0.3 is 0 Å². The Morgan fingerprint density at radius 1 is 1.33 bits per heavy atom. The van der Waals surface area contributed by atoms with Crippen LogP contribution in [0, 0.1) is 30.9 Å². The van der Waals surface area contributed by atoms with Crippen LogP contribution in [0.4, 0.5) is 8.78 Å². The molecule has 0 radical (unpaired) electrons. The summed E-state index contributed by atoms with van der Waals surface area (Å²) in [6.45, 7) is 5.36. The Hall–Kier alpha value is -1.40. The first-order chi connectivity index (χ1) is 8.49. The number of rotatable bonds is 5. The Bertz CT molecular complexity index is 449. The van der Waals surface area contributed by atoms with Crippen molar-refractivity contribution in [3.05, 3.63) is 34.9 Å². The first-order valence-corrected chi connectivity index (χ1v) is 6.17. The highest BCUT2D eigenvalue weighted by Crippen LogP contribution is 2.21. The fraction of sp³-hybridized carbons (Fsp3) is 0.467. The van der Waals surface area contributed by atoms with Crippen LogP contribution in [0.3, 0.4) is 0 Å². The smallest absolute Gasteiger partial charge is 0.128 e. The quantitative estimate of drug-likeness (QED) is 0.786. The fourth-order valence-corrected chi connectivity index (χ4v) is 1.89. The number of hydrogen-bond donors (Lipinski definition) is 1. The standard InChI is InChI=1S/C15H19F2N/c1-5-7-12(6-2)18-11(4)13-9-14(16)10(3)8-15(13)17/h2,8-9,11-12,18H,5,7H2,1,3-4H3. The molecule has 18 heavy (non-hydrogen) atoms. The zero-order valence-electron chi connectivity index (χ0n) is 11.1. The summed E-state index contributed by atoms with van der Waals surface area (Å²) in [4.78, 5) is 0. The Morgan fingerprint density at radius 2 is 2.00 bits per heavy atom. The lowest BCUT2D eigenvalue weighted by molar-refractivity contribution is 0.471. The molecule has 0 fully saturated rings. The number of nitrogens with one attached hydrogen (secondary N) is 1. The Kier molecular flexibility index (Phi) is 5.30. The minimum Gasteiger partial charge on any atom is -0.297 e. The molecule has 0 heterocycles. The highest BCUT2D eigenvalue weighted by Gasteiger charge is 2.16. The van der Waals surface area contributed by atoms with Crippen molar-refractivity contribution in [2.75, 3.05) is 0 Å². The van der Waals surface area contributed by atoms with Gasteiger partial charge in [0.15, 0.2) is 0 Å². The van der Waals surface area contributed by atoms with Crippen LogP contribution in [-0.2, 0) is 0 Å². The molecule has 1 aromatic carbocycles. The van der Waals surface area contributed by atoms with Crippen molar-refractivity contribution in [3.8, 4) is 12.3 Å². The number of halogens is 2. The van der Waals surface area contributed by atoms with Crippen molar-refractivity contribution >= 4 is 0 Å². The molecule has 98 valence electrons. The van der Waals surface area contributed by atoms with Crippen molar-refractivity contribution in [2.45, 2.75) is 45.7 Å². The minimum atomic E-state index is -0.402. The fourth-order valence-electron chi connectivity index (χ4n) is 1.89. The van der Waals surface area contributed by atoms with E-state index in [2.05, 4.69) is 11.2 Å². The van der Waals surface area contributed by atoms with Crippen LogP contribution < -0.4 is 5.32 Å². The monoisotopic (exact) mass is 251 g/mol. The molecule has 1 nitrogen and oxygen atoms in total. The molecular weight excluding hydrogens is 232 g/mol. The molecule has 0 spiro atoms. The van der Waals surface area contributed by atoms with Crippen LogP contribution in [0.2, 0.25) is 0 Å². The van der Waals surface area contributed by atoms with Gasteiger partial charge >= 0.3 is 0 Å². The van der Waals surface area contributed by atoms with Crippen LogP contribution in [0.5, 0.6) is 0 Å². The molecule has 0 aliphatic carbocycles. The van der Waals surface area contributed by atoms with Gasteiger partial charge in [-0.15, -0.1) is 6.42 Å². The minimum absolute atomic E-state index is 0.117. The van der Waals surface area contributed by atoms with Crippen molar-refractivity contribution in [2.24, 2.45) is 0 Å². The first-order valence-electron chi connectivity index (χ1n) is 6.17. The molecule has 3 heteroatoms. The van der Waals surface area contributed by atoms with Crippen LogP contribution in [0.15, 0.2) is 12.1 Å². The second-order valence-electron chi connectivity index (χ2n) is 4.52. The average molecular weight is 251 g/mol.